The van der Waals surface area contributed by atoms with Gasteiger partial charge in [-0.25, -0.2) is 9.78 Å². The Labute approximate surface area is 235 Å². The first-order valence-corrected chi connectivity index (χ1v) is 17.4. The van der Waals surface area contributed by atoms with Crippen LogP contribution in [0.25, 0.3) is 10.2 Å². The summed E-state index contributed by atoms with van der Waals surface area (Å²) < 4.78 is 20.2. The molecule has 2 aromatic rings. The van der Waals surface area contributed by atoms with Gasteiger partial charge in [0.2, 0.25) is 0 Å². The van der Waals surface area contributed by atoms with Crippen LogP contribution in [0.5, 0.6) is 5.19 Å². The van der Waals surface area contributed by atoms with Crippen molar-refractivity contribution in [3.63, 3.8) is 0 Å². The maximum Gasteiger partial charge on any atom is 0.410 e. The van der Waals surface area contributed by atoms with E-state index in [0.29, 0.717) is 18.4 Å². The summed E-state index contributed by atoms with van der Waals surface area (Å²) in [5, 5.41) is 0.845. The minimum atomic E-state index is -1.80. The quantitative estimate of drug-likeness (QED) is 0.189. The molecule has 1 fully saturated rings. The van der Waals surface area contributed by atoms with Crippen molar-refractivity contribution in [1.82, 2.24) is 9.88 Å². The van der Waals surface area contributed by atoms with Crippen LogP contribution >= 0.6 is 33.9 Å². The highest BCUT2D eigenvalue weighted by molar-refractivity contribution is 14.1. The normalized spacial score (nSPS) is 19.6. The van der Waals surface area contributed by atoms with E-state index in [1.807, 2.05) is 25.7 Å². The molecule has 0 N–H and O–H groups in total. The first-order chi connectivity index (χ1) is 16.5. The van der Waals surface area contributed by atoms with Crippen molar-refractivity contribution < 1.29 is 18.7 Å². The van der Waals surface area contributed by atoms with Gasteiger partial charge in [-0.3, -0.25) is 4.90 Å². The minimum Gasteiger partial charge on any atom is -0.468 e. The maximum atomic E-state index is 12.8. The lowest BCUT2D eigenvalue weighted by molar-refractivity contribution is 0.00568. The third kappa shape index (κ3) is 6.85. The lowest BCUT2D eigenvalue weighted by Crippen LogP contribution is -2.59. The van der Waals surface area contributed by atoms with Gasteiger partial charge < -0.3 is 18.8 Å². The zero-order chi connectivity index (χ0) is 27.1. The fourth-order valence-corrected chi connectivity index (χ4v) is 6.88. The number of piperazine rings is 1. The van der Waals surface area contributed by atoms with Crippen molar-refractivity contribution in [2.24, 2.45) is 0 Å². The number of fused-ring (bicyclic) bond motifs is 1. The van der Waals surface area contributed by atoms with Gasteiger partial charge in [-0.2, -0.15) is 0 Å². The van der Waals surface area contributed by atoms with Crippen molar-refractivity contribution in [2.45, 2.75) is 91.2 Å². The zero-order valence-electron chi connectivity index (χ0n) is 23.4. The molecule has 10 heteroatoms. The number of hydrogen-bond acceptors (Lipinski definition) is 7. The molecule has 7 nitrogen and oxygen atoms in total. The number of thiazole rings is 1. The van der Waals surface area contributed by atoms with Crippen LogP contribution in [-0.4, -0.2) is 68.3 Å². The summed E-state index contributed by atoms with van der Waals surface area (Å²) in [6.45, 7) is 23.6. The van der Waals surface area contributed by atoms with Crippen LogP contribution in [0.3, 0.4) is 0 Å². The fourth-order valence-electron chi connectivity index (χ4n) is 4.09. The molecule has 1 amide bonds. The summed E-state index contributed by atoms with van der Waals surface area (Å²) in [6.07, 6.45) is -0.247. The highest BCUT2D eigenvalue weighted by atomic mass is 127. The first-order valence-electron chi connectivity index (χ1n) is 12.6. The summed E-state index contributed by atoms with van der Waals surface area (Å²) in [5.74, 6) is 0. The average molecular weight is 648 g/mol. The first kappa shape index (κ1) is 29.4. The van der Waals surface area contributed by atoms with E-state index in [1.165, 1.54) is 0 Å². The topological polar surface area (TPSA) is 64.1 Å². The van der Waals surface area contributed by atoms with Crippen molar-refractivity contribution in [2.75, 3.05) is 31.2 Å². The molecule has 0 spiro atoms. The number of ether oxygens (including phenoxy) is 2. The molecule has 0 unspecified atom stereocenters. The molecule has 1 aromatic heterocycles. The molecule has 0 radical (unpaired) electrons. The molecule has 1 aliphatic rings. The molecule has 0 aliphatic carbocycles. The van der Waals surface area contributed by atoms with E-state index in [9.17, 15) is 4.79 Å². The molecule has 1 aliphatic heterocycles. The highest BCUT2D eigenvalue weighted by Gasteiger charge is 2.38. The highest BCUT2D eigenvalue weighted by Crippen LogP contribution is 2.40. The van der Waals surface area contributed by atoms with Crippen LogP contribution in [-0.2, 0) is 9.16 Å². The van der Waals surface area contributed by atoms with Gasteiger partial charge in [0.1, 0.15) is 17.7 Å². The summed E-state index contributed by atoms with van der Waals surface area (Å²) >= 11 is 3.92. The van der Waals surface area contributed by atoms with E-state index < -0.39 is 13.9 Å². The summed E-state index contributed by atoms with van der Waals surface area (Å²) in [5.41, 5.74) is 1.59. The largest absolute Gasteiger partial charge is 0.468 e. The molecule has 1 aromatic carbocycles. The summed E-state index contributed by atoms with van der Waals surface area (Å²) in [4.78, 5) is 21.9. The minimum absolute atomic E-state index is 0.0223. The Morgan fingerprint density at radius 2 is 1.72 bits per heavy atom. The van der Waals surface area contributed by atoms with Gasteiger partial charge in [-0.05, 0) is 87.5 Å². The van der Waals surface area contributed by atoms with Crippen molar-refractivity contribution in [3.8, 4) is 5.19 Å². The lowest BCUT2D eigenvalue weighted by atomic mass is 10.1. The van der Waals surface area contributed by atoms with Gasteiger partial charge in [-0.1, -0.05) is 32.1 Å². The molecule has 0 saturated carbocycles. The number of nitrogens with zero attached hydrogens (tertiary/aromatic N) is 3. The Balaban J connectivity index is 1.73. The number of carbonyl (C=O) groups is 1. The zero-order valence-corrected chi connectivity index (χ0v) is 27.4. The molecular formula is C26H42IN3O4SSi. The monoisotopic (exact) mass is 647 g/mol. The average Bonchev–Trinajstić information content (AvgIpc) is 3.13. The number of rotatable bonds is 6. The Morgan fingerprint density at radius 1 is 1.11 bits per heavy atom. The fraction of sp³-hybridized carbons (Fsp3) is 0.692. The summed E-state index contributed by atoms with van der Waals surface area (Å²) in [7, 11) is -1.80. The predicted molar refractivity (Wildman–Crippen MR) is 160 cm³/mol. The number of halogens is 1. The molecule has 2 atom stereocenters. The van der Waals surface area contributed by atoms with E-state index in [-0.39, 0.29) is 23.2 Å². The van der Waals surface area contributed by atoms with E-state index in [1.54, 1.807) is 11.3 Å². The second-order valence-corrected chi connectivity index (χ2v) is 19.1. The molecule has 1 saturated heterocycles. The van der Waals surface area contributed by atoms with Crippen LogP contribution in [0, 0.1) is 3.57 Å². The van der Waals surface area contributed by atoms with Gasteiger partial charge >= 0.3 is 6.09 Å². The lowest BCUT2D eigenvalue weighted by Gasteiger charge is -2.45. The Morgan fingerprint density at radius 3 is 2.28 bits per heavy atom. The standard InChI is InChI=1S/C26H42IN3O4SSi/c1-17-15-29(16-18(2)30(17)24(31)34-25(3,4)5)20-12-11-19(27)21-22(20)35-23(28-21)32-13-14-33-36(9,10)26(6,7)8/h11-12,17-18H,13-16H2,1-10H3/t17-,18-/m0/s1. The number of hydrogen-bond donors (Lipinski definition) is 0. The van der Waals surface area contributed by atoms with Crippen molar-refractivity contribution >= 4 is 64.2 Å². The van der Waals surface area contributed by atoms with Gasteiger partial charge in [0, 0.05) is 16.7 Å². The Bertz CT molecular complexity index is 1070. The smallest absolute Gasteiger partial charge is 0.410 e. The third-order valence-corrected chi connectivity index (χ3v) is 13.3. The van der Waals surface area contributed by atoms with Crippen molar-refractivity contribution in [1.29, 1.82) is 0 Å². The van der Waals surface area contributed by atoms with Crippen LogP contribution in [0.2, 0.25) is 18.1 Å². The molecule has 2 heterocycles. The third-order valence-electron chi connectivity index (χ3n) is 6.90. The second-order valence-electron chi connectivity index (χ2n) is 12.2. The molecular weight excluding hydrogens is 605 g/mol. The number of aromatic nitrogens is 1. The maximum absolute atomic E-state index is 12.8. The molecule has 202 valence electrons. The molecule has 0 bridgehead atoms. The van der Waals surface area contributed by atoms with E-state index >= 15 is 0 Å². The van der Waals surface area contributed by atoms with Crippen molar-refractivity contribution in [3.05, 3.63) is 15.7 Å². The van der Waals surface area contributed by atoms with Crippen LogP contribution in [0.1, 0.15) is 55.4 Å². The number of amides is 1. The van der Waals surface area contributed by atoms with Gasteiger partial charge in [0.25, 0.3) is 5.19 Å². The molecule has 36 heavy (non-hydrogen) atoms. The Kier molecular flexibility index (Phi) is 8.95. The number of anilines is 1. The SMILES string of the molecule is C[C@H]1CN(c2ccc(I)c3nc(OCCO[Si](C)(C)C(C)(C)C)sc23)C[C@H](C)N1C(=O)OC(C)(C)C. The van der Waals surface area contributed by atoms with Crippen LogP contribution in [0.15, 0.2) is 12.1 Å². The number of carbonyl (C=O) groups excluding carboxylic acids is 1. The molecule has 3 rings (SSSR count). The van der Waals surface area contributed by atoms with E-state index in [2.05, 4.69) is 87.3 Å². The van der Waals surface area contributed by atoms with Gasteiger partial charge in [-0.15, -0.1) is 0 Å². The van der Waals surface area contributed by atoms with Gasteiger partial charge in [0.15, 0.2) is 8.32 Å². The number of benzene rings is 1. The Hall–Kier alpha value is -1.11. The predicted octanol–water partition coefficient (Wildman–Crippen LogP) is 7.14. The summed E-state index contributed by atoms with van der Waals surface area (Å²) in [6, 6.07) is 4.32. The van der Waals surface area contributed by atoms with Crippen LogP contribution in [0.4, 0.5) is 10.5 Å². The van der Waals surface area contributed by atoms with E-state index in [0.717, 1.165) is 32.6 Å². The second kappa shape index (κ2) is 10.9. The van der Waals surface area contributed by atoms with Crippen LogP contribution < -0.4 is 9.64 Å². The van der Waals surface area contributed by atoms with E-state index in [4.69, 9.17) is 18.9 Å². The van der Waals surface area contributed by atoms with Gasteiger partial charge in [0.05, 0.1) is 29.1 Å².